The molecule has 0 amide bonds. The third-order valence-electron chi connectivity index (χ3n) is 2.24. The predicted molar refractivity (Wildman–Crippen MR) is 54.8 cm³/mol. The van der Waals surface area contributed by atoms with Crippen LogP contribution in [0.25, 0.3) is 0 Å². The van der Waals surface area contributed by atoms with Crippen molar-refractivity contribution in [3.8, 4) is 0 Å². The Morgan fingerprint density at radius 1 is 1.31 bits per heavy atom. The first-order valence-electron chi connectivity index (χ1n) is 4.94. The largest absolute Gasteiger partial charge is 0.416 e. The van der Waals surface area contributed by atoms with Crippen LogP contribution in [0, 0.1) is 0 Å². The number of rotatable bonds is 4. The maximum Gasteiger partial charge on any atom is 0.416 e. The van der Waals surface area contributed by atoms with Gasteiger partial charge in [0.25, 0.3) is 0 Å². The summed E-state index contributed by atoms with van der Waals surface area (Å²) in [6.45, 7) is 1.70. The van der Waals surface area contributed by atoms with Gasteiger partial charge in [0, 0.05) is 12.6 Å². The lowest BCUT2D eigenvalue weighted by atomic mass is 10.1. The second kappa shape index (κ2) is 5.32. The van der Waals surface area contributed by atoms with Crippen molar-refractivity contribution in [3.63, 3.8) is 0 Å². The zero-order valence-corrected chi connectivity index (χ0v) is 8.88. The molecule has 0 aliphatic carbocycles. The minimum atomic E-state index is -4.33. The Kier molecular flexibility index (Phi) is 4.32. The monoisotopic (exact) mass is 233 g/mol. The third-order valence-corrected chi connectivity index (χ3v) is 2.24. The van der Waals surface area contributed by atoms with E-state index in [1.165, 1.54) is 12.1 Å². The van der Waals surface area contributed by atoms with E-state index in [1.54, 1.807) is 13.0 Å². The molecule has 1 rings (SSSR count). The molecule has 5 heteroatoms. The fourth-order valence-corrected chi connectivity index (χ4v) is 1.30. The van der Waals surface area contributed by atoms with Crippen LogP contribution in [0.3, 0.4) is 0 Å². The smallest absolute Gasteiger partial charge is 0.395 e. The highest BCUT2D eigenvalue weighted by Crippen LogP contribution is 2.31. The van der Waals surface area contributed by atoms with Crippen LogP contribution in [-0.2, 0) is 12.7 Å². The third kappa shape index (κ3) is 3.50. The van der Waals surface area contributed by atoms with Crippen molar-refractivity contribution in [3.05, 3.63) is 35.4 Å². The van der Waals surface area contributed by atoms with E-state index >= 15 is 0 Å². The summed E-state index contributed by atoms with van der Waals surface area (Å²) < 4.78 is 37.7. The molecule has 90 valence electrons. The molecular formula is C11H14F3NO. The van der Waals surface area contributed by atoms with Crippen LogP contribution in [0.1, 0.15) is 18.1 Å². The Morgan fingerprint density at radius 2 is 1.94 bits per heavy atom. The molecule has 2 N–H and O–H groups in total. The van der Waals surface area contributed by atoms with E-state index in [4.69, 9.17) is 5.11 Å². The van der Waals surface area contributed by atoms with E-state index in [1.807, 2.05) is 0 Å². The first-order valence-corrected chi connectivity index (χ1v) is 4.94. The maximum absolute atomic E-state index is 12.6. The molecule has 0 aliphatic rings. The lowest BCUT2D eigenvalue weighted by Gasteiger charge is -2.15. The van der Waals surface area contributed by atoms with Gasteiger partial charge in [-0.25, -0.2) is 0 Å². The molecule has 1 aromatic rings. The Bertz CT molecular complexity index is 338. The number of aliphatic hydroxyl groups is 1. The first kappa shape index (κ1) is 13.0. The van der Waals surface area contributed by atoms with Crippen LogP contribution in [0.4, 0.5) is 13.2 Å². The highest BCUT2D eigenvalue weighted by atomic mass is 19.4. The zero-order chi connectivity index (χ0) is 12.2. The van der Waals surface area contributed by atoms with Gasteiger partial charge in [0.05, 0.1) is 12.2 Å². The highest BCUT2D eigenvalue weighted by molar-refractivity contribution is 5.29. The highest BCUT2D eigenvalue weighted by Gasteiger charge is 2.32. The van der Waals surface area contributed by atoms with Crippen LogP contribution in [0.15, 0.2) is 24.3 Å². The van der Waals surface area contributed by atoms with E-state index in [0.29, 0.717) is 0 Å². The van der Waals surface area contributed by atoms with E-state index in [2.05, 4.69) is 5.32 Å². The molecule has 0 radical (unpaired) electrons. The number of hydrogen-bond donors (Lipinski definition) is 2. The van der Waals surface area contributed by atoms with Crippen molar-refractivity contribution in [2.24, 2.45) is 0 Å². The summed E-state index contributed by atoms with van der Waals surface area (Å²) in [4.78, 5) is 0. The normalized spacial score (nSPS) is 13.8. The van der Waals surface area contributed by atoms with E-state index < -0.39 is 11.7 Å². The van der Waals surface area contributed by atoms with Gasteiger partial charge in [-0.05, 0) is 18.6 Å². The standard InChI is InChI=1S/C11H14F3NO/c1-8(7-16)15-6-9-4-2-3-5-10(9)11(12,13)14/h2-5,8,15-16H,6-7H2,1H3. The predicted octanol–water partition coefficient (Wildman–Crippen LogP) is 2.18. The topological polar surface area (TPSA) is 32.3 Å². The minimum Gasteiger partial charge on any atom is -0.395 e. The number of alkyl halides is 3. The van der Waals surface area contributed by atoms with Gasteiger partial charge in [-0.15, -0.1) is 0 Å². The Labute approximate surface area is 92.1 Å². The molecule has 0 saturated carbocycles. The van der Waals surface area contributed by atoms with Gasteiger partial charge in [0.1, 0.15) is 0 Å². The number of benzene rings is 1. The summed E-state index contributed by atoms with van der Waals surface area (Å²) in [6.07, 6.45) is -4.33. The quantitative estimate of drug-likeness (QED) is 0.835. The van der Waals surface area contributed by atoms with Gasteiger partial charge >= 0.3 is 6.18 Å². The second-order valence-electron chi connectivity index (χ2n) is 3.62. The van der Waals surface area contributed by atoms with E-state index in [9.17, 15) is 13.2 Å². The van der Waals surface area contributed by atoms with Gasteiger partial charge in [0.2, 0.25) is 0 Å². The fraction of sp³-hybridized carbons (Fsp3) is 0.455. The molecule has 0 spiro atoms. The number of halogens is 3. The number of nitrogens with one attached hydrogen (secondary N) is 1. The van der Waals surface area contributed by atoms with Crippen molar-refractivity contribution in [2.45, 2.75) is 25.7 Å². The van der Waals surface area contributed by atoms with E-state index in [-0.39, 0.29) is 24.8 Å². The van der Waals surface area contributed by atoms with Crippen molar-refractivity contribution in [2.75, 3.05) is 6.61 Å². The fourth-order valence-electron chi connectivity index (χ4n) is 1.30. The van der Waals surface area contributed by atoms with Crippen molar-refractivity contribution in [1.82, 2.24) is 5.32 Å². The zero-order valence-electron chi connectivity index (χ0n) is 8.88. The Hall–Kier alpha value is -1.07. The molecule has 2 nitrogen and oxygen atoms in total. The maximum atomic E-state index is 12.6. The Morgan fingerprint density at radius 3 is 2.50 bits per heavy atom. The van der Waals surface area contributed by atoms with Gasteiger partial charge in [-0.2, -0.15) is 13.2 Å². The summed E-state index contributed by atoms with van der Waals surface area (Å²) in [5.74, 6) is 0. The molecule has 16 heavy (non-hydrogen) atoms. The number of aliphatic hydroxyl groups excluding tert-OH is 1. The molecule has 0 bridgehead atoms. The minimum absolute atomic E-state index is 0.0947. The molecule has 1 atom stereocenters. The van der Waals surface area contributed by atoms with Gasteiger partial charge in [-0.3, -0.25) is 0 Å². The van der Waals surface area contributed by atoms with Crippen molar-refractivity contribution in [1.29, 1.82) is 0 Å². The summed E-state index contributed by atoms with van der Waals surface area (Å²) >= 11 is 0. The second-order valence-corrected chi connectivity index (χ2v) is 3.62. The van der Waals surface area contributed by atoms with Gasteiger partial charge in [0.15, 0.2) is 0 Å². The molecule has 0 saturated heterocycles. The van der Waals surface area contributed by atoms with Gasteiger partial charge < -0.3 is 10.4 Å². The van der Waals surface area contributed by atoms with Crippen LogP contribution in [0.5, 0.6) is 0 Å². The summed E-state index contributed by atoms with van der Waals surface area (Å²) in [5.41, 5.74) is -0.442. The van der Waals surface area contributed by atoms with Crippen molar-refractivity contribution >= 4 is 0 Å². The number of hydrogen-bond acceptors (Lipinski definition) is 2. The SMILES string of the molecule is CC(CO)NCc1ccccc1C(F)(F)F. The van der Waals surface area contributed by atoms with Crippen LogP contribution >= 0.6 is 0 Å². The van der Waals surface area contributed by atoms with Crippen LogP contribution in [-0.4, -0.2) is 17.8 Å². The van der Waals surface area contributed by atoms with Crippen LogP contribution < -0.4 is 5.32 Å². The average Bonchev–Trinajstić information content (AvgIpc) is 2.25. The molecule has 1 unspecified atom stereocenters. The molecule has 0 heterocycles. The van der Waals surface area contributed by atoms with Crippen LogP contribution in [0.2, 0.25) is 0 Å². The molecule has 1 aromatic carbocycles. The molecule has 0 aromatic heterocycles. The summed E-state index contributed by atoms with van der Waals surface area (Å²) in [5, 5.41) is 11.6. The first-order chi connectivity index (χ1) is 7.45. The lowest BCUT2D eigenvalue weighted by molar-refractivity contribution is -0.138. The molecular weight excluding hydrogens is 219 g/mol. The van der Waals surface area contributed by atoms with Gasteiger partial charge in [-0.1, -0.05) is 18.2 Å². The molecule has 0 aliphatic heterocycles. The Balaban J connectivity index is 2.80. The van der Waals surface area contributed by atoms with E-state index in [0.717, 1.165) is 6.07 Å². The average molecular weight is 233 g/mol. The lowest BCUT2D eigenvalue weighted by Crippen LogP contribution is -2.29. The van der Waals surface area contributed by atoms with Crippen molar-refractivity contribution < 1.29 is 18.3 Å². The summed E-state index contributed by atoms with van der Waals surface area (Å²) in [6, 6.07) is 5.19. The summed E-state index contributed by atoms with van der Waals surface area (Å²) in [7, 11) is 0. The molecule has 0 fully saturated rings.